The van der Waals surface area contributed by atoms with Crippen LogP contribution in [0.15, 0.2) is 24.3 Å². The molecule has 0 bridgehead atoms. The SMILES string of the molecule is CCOC(=O)CNCc1ccc(CN2CCC(NC(=O)OC(C)(C)C)CC2)cc1. The largest absolute Gasteiger partial charge is 0.465 e. The summed E-state index contributed by atoms with van der Waals surface area (Å²) >= 11 is 0. The molecule has 29 heavy (non-hydrogen) atoms. The summed E-state index contributed by atoms with van der Waals surface area (Å²) in [5, 5.41) is 6.07. The van der Waals surface area contributed by atoms with Crippen LogP contribution in [0.3, 0.4) is 0 Å². The quantitative estimate of drug-likeness (QED) is 0.648. The van der Waals surface area contributed by atoms with Crippen molar-refractivity contribution < 1.29 is 19.1 Å². The van der Waals surface area contributed by atoms with Gasteiger partial charge in [-0.1, -0.05) is 24.3 Å². The Bertz CT molecular complexity index is 647. The molecule has 7 nitrogen and oxygen atoms in total. The number of amides is 1. The van der Waals surface area contributed by atoms with Crippen molar-refractivity contribution in [1.82, 2.24) is 15.5 Å². The zero-order valence-corrected chi connectivity index (χ0v) is 18.1. The second kappa shape index (κ2) is 11.2. The molecule has 0 saturated carbocycles. The molecule has 1 aromatic rings. The van der Waals surface area contributed by atoms with E-state index in [1.54, 1.807) is 6.92 Å². The smallest absolute Gasteiger partial charge is 0.407 e. The van der Waals surface area contributed by atoms with Gasteiger partial charge in [-0.25, -0.2) is 4.79 Å². The average Bonchev–Trinajstić information content (AvgIpc) is 2.63. The fourth-order valence-corrected chi connectivity index (χ4v) is 3.25. The summed E-state index contributed by atoms with van der Waals surface area (Å²) in [5.41, 5.74) is 1.93. The first-order chi connectivity index (χ1) is 13.7. The third-order valence-corrected chi connectivity index (χ3v) is 4.64. The molecule has 0 unspecified atom stereocenters. The van der Waals surface area contributed by atoms with Crippen LogP contribution in [0.4, 0.5) is 4.79 Å². The standard InChI is InChI=1S/C22H35N3O4/c1-5-28-20(26)15-23-14-17-6-8-18(9-7-17)16-25-12-10-19(11-13-25)24-21(27)29-22(2,3)4/h6-9,19,23H,5,10-16H2,1-4H3,(H,24,27). The van der Waals surface area contributed by atoms with Crippen molar-refractivity contribution in [2.24, 2.45) is 0 Å². The van der Waals surface area contributed by atoms with Gasteiger partial charge in [-0.05, 0) is 51.7 Å². The lowest BCUT2D eigenvalue weighted by Gasteiger charge is -2.32. The second-order valence-electron chi connectivity index (χ2n) is 8.42. The maximum Gasteiger partial charge on any atom is 0.407 e. The minimum Gasteiger partial charge on any atom is -0.465 e. The minimum absolute atomic E-state index is 0.175. The van der Waals surface area contributed by atoms with Gasteiger partial charge >= 0.3 is 12.1 Å². The van der Waals surface area contributed by atoms with Crippen molar-refractivity contribution in [3.05, 3.63) is 35.4 Å². The molecule has 162 valence electrons. The van der Waals surface area contributed by atoms with Gasteiger partial charge in [0, 0.05) is 32.2 Å². The fourth-order valence-electron chi connectivity index (χ4n) is 3.25. The first-order valence-electron chi connectivity index (χ1n) is 10.4. The van der Waals surface area contributed by atoms with Crippen molar-refractivity contribution in [2.45, 2.75) is 65.3 Å². The number of carbonyl (C=O) groups excluding carboxylic acids is 2. The van der Waals surface area contributed by atoms with E-state index in [4.69, 9.17) is 9.47 Å². The van der Waals surface area contributed by atoms with E-state index in [1.165, 1.54) is 5.56 Å². The lowest BCUT2D eigenvalue weighted by molar-refractivity contribution is -0.142. The number of esters is 1. The molecule has 1 amide bonds. The normalized spacial score (nSPS) is 15.7. The van der Waals surface area contributed by atoms with Gasteiger partial charge in [0.15, 0.2) is 0 Å². The molecular weight excluding hydrogens is 370 g/mol. The summed E-state index contributed by atoms with van der Waals surface area (Å²) in [6.45, 7) is 11.5. The van der Waals surface area contributed by atoms with E-state index in [9.17, 15) is 9.59 Å². The molecule has 1 aliphatic heterocycles. The van der Waals surface area contributed by atoms with Crippen molar-refractivity contribution in [3.63, 3.8) is 0 Å². The van der Waals surface area contributed by atoms with Crippen LogP contribution in [0.5, 0.6) is 0 Å². The number of piperidine rings is 1. The molecule has 2 rings (SSSR count). The Hall–Kier alpha value is -2.12. The summed E-state index contributed by atoms with van der Waals surface area (Å²) in [5.74, 6) is -0.228. The van der Waals surface area contributed by atoms with E-state index in [-0.39, 0.29) is 24.6 Å². The van der Waals surface area contributed by atoms with Crippen LogP contribution in [-0.2, 0) is 27.4 Å². The number of alkyl carbamates (subject to hydrolysis) is 1. The molecule has 0 spiro atoms. The first kappa shape index (κ1) is 23.2. The number of ether oxygens (including phenoxy) is 2. The number of carbonyl (C=O) groups is 2. The lowest BCUT2D eigenvalue weighted by atomic mass is 10.0. The first-order valence-corrected chi connectivity index (χ1v) is 10.4. The van der Waals surface area contributed by atoms with Gasteiger partial charge in [0.1, 0.15) is 5.60 Å². The predicted octanol–water partition coefficient (Wildman–Crippen LogP) is 2.83. The van der Waals surface area contributed by atoms with Gasteiger partial charge < -0.3 is 20.1 Å². The summed E-state index contributed by atoms with van der Waals surface area (Å²) in [6, 6.07) is 8.61. The van der Waals surface area contributed by atoms with Crippen LogP contribution in [0, 0.1) is 0 Å². The summed E-state index contributed by atoms with van der Waals surface area (Å²) in [6.07, 6.45) is 1.52. The molecule has 1 fully saturated rings. The monoisotopic (exact) mass is 405 g/mol. The molecule has 2 N–H and O–H groups in total. The summed E-state index contributed by atoms with van der Waals surface area (Å²) < 4.78 is 10.2. The second-order valence-corrected chi connectivity index (χ2v) is 8.42. The van der Waals surface area contributed by atoms with Crippen molar-refractivity contribution in [3.8, 4) is 0 Å². The maximum absolute atomic E-state index is 11.9. The Kier molecular flexibility index (Phi) is 8.92. The number of nitrogens with one attached hydrogen (secondary N) is 2. The van der Waals surface area contributed by atoms with Gasteiger partial charge in [0.2, 0.25) is 0 Å². The highest BCUT2D eigenvalue weighted by atomic mass is 16.6. The van der Waals surface area contributed by atoms with Crippen LogP contribution < -0.4 is 10.6 Å². The predicted molar refractivity (Wildman–Crippen MR) is 112 cm³/mol. The Labute approximate surface area is 174 Å². The van der Waals surface area contributed by atoms with E-state index < -0.39 is 5.60 Å². The van der Waals surface area contributed by atoms with Crippen molar-refractivity contribution in [1.29, 1.82) is 0 Å². The van der Waals surface area contributed by atoms with Gasteiger partial charge in [-0.3, -0.25) is 9.69 Å². The summed E-state index contributed by atoms with van der Waals surface area (Å²) in [7, 11) is 0. The summed E-state index contributed by atoms with van der Waals surface area (Å²) in [4.78, 5) is 25.6. The van der Waals surface area contributed by atoms with E-state index in [1.807, 2.05) is 20.8 Å². The third kappa shape index (κ3) is 9.28. The van der Waals surface area contributed by atoms with Crippen LogP contribution in [0.1, 0.15) is 51.7 Å². The number of rotatable bonds is 8. The molecule has 0 aliphatic carbocycles. The Morgan fingerprint density at radius 1 is 1.10 bits per heavy atom. The molecule has 1 saturated heterocycles. The third-order valence-electron chi connectivity index (χ3n) is 4.64. The highest BCUT2D eigenvalue weighted by Crippen LogP contribution is 2.15. The van der Waals surface area contributed by atoms with Gasteiger partial charge in [0.25, 0.3) is 0 Å². The molecule has 1 aromatic carbocycles. The van der Waals surface area contributed by atoms with Crippen molar-refractivity contribution in [2.75, 3.05) is 26.2 Å². The fraction of sp³-hybridized carbons (Fsp3) is 0.636. The number of benzene rings is 1. The van der Waals surface area contributed by atoms with E-state index in [2.05, 4.69) is 39.8 Å². The number of nitrogens with zero attached hydrogens (tertiary/aromatic N) is 1. The van der Waals surface area contributed by atoms with Crippen LogP contribution in [0.2, 0.25) is 0 Å². The van der Waals surface area contributed by atoms with E-state index >= 15 is 0 Å². The van der Waals surface area contributed by atoms with Gasteiger partial charge in [-0.15, -0.1) is 0 Å². The minimum atomic E-state index is -0.467. The topological polar surface area (TPSA) is 79.9 Å². The molecule has 0 radical (unpaired) electrons. The van der Waals surface area contributed by atoms with E-state index in [0.717, 1.165) is 38.0 Å². The Balaban J connectivity index is 1.68. The van der Waals surface area contributed by atoms with E-state index in [0.29, 0.717) is 13.2 Å². The number of hydrogen-bond acceptors (Lipinski definition) is 6. The Morgan fingerprint density at radius 2 is 1.72 bits per heavy atom. The Morgan fingerprint density at radius 3 is 2.31 bits per heavy atom. The molecule has 1 aliphatic rings. The molecule has 7 heteroatoms. The highest BCUT2D eigenvalue weighted by Gasteiger charge is 2.23. The molecule has 0 atom stereocenters. The number of likely N-dealkylation sites (tertiary alicyclic amines) is 1. The lowest BCUT2D eigenvalue weighted by Crippen LogP contribution is -2.45. The molecular formula is C22H35N3O4. The van der Waals surface area contributed by atoms with Gasteiger partial charge in [0.05, 0.1) is 13.2 Å². The molecule has 1 heterocycles. The molecule has 0 aromatic heterocycles. The zero-order valence-electron chi connectivity index (χ0n) is 18.1. The average molecular weight is 406 g/mol. The van der Waals surface area contributed by atoms with Crippen LogP contribution in [0.25, 0.3) is 0 Å². The van der Waals surface area contributed by atoms with Crippen LogP contribution >= 0.6 is 0 Å². The van der Waals surface area contributed by atoms with Crippen LogP contribution in [-0.4, -0.2) is 54.8 Å². The zero-order chi connectivity index (χ0) is 21.3. The van der Waals surface area contributed by atoms with Crippen molar-refractivity contribution >= 4 is 12.1 Å². The highest BCUT2D eigenvalue weighted by molar-refractivity contribution is 5.71. The maximum atomic E-state index is 11.9. The van der Waals surface area contributed by atoms with Gasteiger partial charge in [-0.2, -0.15) is 0 Å². The number of hydrogen-bond donors (Lipinski definition) is 2.